The first-order chi connectivity index (χ1) is 12.2. The molecule has 128 valence electrons. The van der Waals surface area contributed by atoms with Crippen LogP contribution < -0.4 is 10.1 Å². The third-order valence-corrected chi connectivity index (χ3v) is 4.11. The average molecular weight is 335 g/mol. The van der Waals surface area contributed by atoms with Crippen molar-refractivity contribution in [3.05, 3.63) is 66.4 Å². The summed E-state index contributed by atoms with van der Waals surface area (Å²) in [7, 11) is 3.53. The van der Waals surface area contributed by atoms with Gasteiger partial charge in [-0.1, -0.05) is 30.3 Å². The number of carbonyl (C=O) groups is 1. The number of rotatable bonds is 6. The summed E-state index contributed by atoms with van der Waals surface area (Å²) in [6.07, 6.45) is 2.89. The van der Waals surface area contributed by atoms with Crippen LogP contribution in [0, 0.1) is 0 Å². The molecule has 0 spiro atoms. The molecule has 0 aliphatic rings. The fraction of sp³-hybridized carbons (Fsp3) is 0.200. The van der Waals surface area contributed by atoms with Crippen LogP contribution in [0.2, 0.25) is 0 Å². The normalized spacial score (nSPS) is 10.5. The summed E-state index contributed by atoms with van der Waals surface area (Å²) in [4.78, 5) is 16.5. The van der Waals surface area contributed by atoms with Crippen molar-refractivity contribution in [2.45, 2.75) is 12.8 Å². The van der Waals surface area contributed by atoms with Gasteiger partial charge in [-0.2, -0.15) is 0 Å². The van der Waals surface area contributed by atoms with E-state index < -0.39 is 0 Å². The van der Waals surface area contributed by atoms with E-state index >= 15 is 0 Å². The van der Waals surface area contributed by atoms with Crippen molar-refractivity contribution in [1.82, 2.24) is 9.55 Å². The van der Waals surface area contributed by atoms with Crippen LogP contribution in [-0.4, -0.2) is 22.6 Å². The van der Waals surface area contributed by atoms with Gasteiger partial charge in [-0.25, -0.2) is 4.98 Å². The lowest BCUT2D eigenvalue weighted by molar-refractivity contribution is -0.116. The van der Waals surface area contributed by atoms with Crippen molar-refractivity contribution < 1.29 is 9.53 Å². The number of aromatic nitrogens is 2. The number of hydrogen-bond acceptors (Lipinski definition) is 3. The highest BCUT2D eigenvalue weighted by atomic mass is 16.5. The number of carbonyl (C=O) groups excluding carboxylic acids is 1. The minimum atomic E-state index is -0.0427. The Hall–Kier alpha value is -3.08. The van der Waals surface area contributed by atoms with E-state index in [-0.39, 0.29) is 5.91 Å². The summed E-state index contributed by atoms with van der Waals surface area (Å²) in [6, 6.07) is 17.7. The maximum Gasteiger partial charge on any atom is 0.227 e. The predicted octanol–water partition coefficient (Wildman–Crippen LogP) is 3.67. The van der Waals surface area contributed by atoms with Gasteiger partial charge in [-0.3, -0.25) is 10.1 Å². The highest BCUT2D eigenvalue weighted by Crippen LogP contribution is 2.24. The Kier molecular flexibility index (Phi) is 5.14. The van der Waals surface area contributed by atoms with Gasteiger partial charge in [0, 0.05) is 19.0 Å². The van der Waals surface area contributed by atoms with E-state index in [1.807, 2.05) is 66.2 Å². The molecule has 0 saturated heterocycles. The van der Waals surface area contributed by atoms with Crippen LogP contribution >= 0.6 is 0 Å². The van der Waals surface area contributed by atoms with Crippen LogP contribution in [0.4, 0.5) is 5.95 Å². The van der Waals surface area contributed by atoms with Crippen LogP contribution in [0.25, 0.3) is 11.3 Å². The van der Waals surface area contributed by atoms with E-state index in [1.54, 1.807) is 13.3 Å². The molecule has 1 amide bonds. The van der Waals surface area contributed by atoms with Gasteiger partial charge in [-0.05, 0) is 36.2 Å². The molecule has 0 fully saturated rings. The lowest BCUT2D eigenvalue weighted by atomic mass is 10.1. The predicted molar refractivity (Wildman–Crippen MR) is 98.6 cm³/mol. The Morgan fingerprint density at radius 1 is 1.12 bits per heavy atom. The fourth-order valence-electron chi connectivity index (χ4n) is 2.65. The van der Waals surface area contributed by atoms with Crippen molar-refractivity contribution >= 4 is 11.9 Å². The fourth-order valence-corrected chi connectivity index (χ4v) is 2.65. The molecule has 0 aliphatic heterocycles. The quantitative estimate of drug-likeness (QED) is 0.748. The highest BCUT2D eigenvalue weighted by molar-refractivity contribution is 5.89. The molecule has 1 aromatic heterocycles. The molecule has 0 radical (unpaired) electrons. The first-order valence-corrected chi connectivity index (χ1v) is 8.17. The molecule has 1 heterocycles. The van der Waals surface area contributed by atoms with Gasteiger partial charge in [0.05, 0.1) is 19.0 Å². The zero-order chi connectivity index (χ0) is 17.6. The second kappa shape index (κ2) is 7.66. The van der Waals surface area contributed by atoms with Gasteiger partial charge in [0.25, 0.3) is 0 Å². The average Bonchev–Trinajstić information content (AvgIpc) is 3.01. The summed E-state index contributed by atoms with van der Waals surface area (Å²) >= 11 is 0. The van der Waals surface area contributed by atoms with Gasteiger partial charge in [0.15, 0.2) is 0 Å². The van der Waals surface area contributed by atoms with E-state index in [0.717, 1.165) is 22.6 Å². The molecule has 1 N–H and O–H groups in total. The minimum absolute atomic E-state index is 0.0427. The van der Waals surface area contributed by atoms with Crippen LogP contribution in [-0.2, 0) is 18.3 Å². The topological polar surface area (TPSA) is 56.1 Å². The summed E-state index contributed by atoms with van der Waals surface area (Å²) in [6.45, 7) is 0. The molecule has 2 aromatic carbocycles. The number of anilines is 1. The van der Waals surface area contributed by atoms with Gasteiger partial charge in [0.2, 0.25) is 11.9 Å². The van der Waals surface area contributed by atoms with E-state index in [9.17, 15) is 4.79 Å². The van der Waals surface area contributed by atoms with Crippen molar-refractivity contribution in [3.63, 3.8) is 0 Å². The second-order valence-electron chi connectivity index (χ2n) is 5.79. The Morgan fingerprint density at radius 3 is 2.52 bits per heavy atom. The first-order valence-electron chi connectivity index (χ1n) is 8.17. The monoisotopic (exact) mass is 335 g/mol. The zero-order valence-electron chi connectivity index (χ0n) is 14.4. The molecule has 0 bridgehead atoms. The molecule has 25 heavy (non-hydrogen) atoms. The van der Waals surface area contributed by atoms with Crippen molar-refractivity contribution in [2.24, 2.45) is 7.05 Å². The Balaban J connectivity index is 1.65. The third-order valence-electron chi connectivity index (χ3n) is 4.11. The van der Waals surface area contributed by atoms with Crippen LogP contribution in [0.5, 0.6) is 5.75 Å². The molecule has 5 heteroatoms. The lowest BCUT2D eigenvalue weighted by Gasteiger charge is -2.08. The molecule has 0 aliphatic carbocycles. The van der Waals surface area contributed by atoms with E-state index in [4.69, 9.17) is 4.74 Å². The minimum Gasteiger partial charge on any atom is -0.497 e. The number of aryl methyl sites for hydroxylation is 1. The molecule has 0 unspecified atom stereocenters. The standard InChI is InChI=1S/C20H21N3O2/c1-23-18(16-9-11-17(25-2)12-10-16)14-21-20(23)22-19(24)13-8-15-6-4-3-5-7-15/h3-7,9-12,14H,8,13H2,1-2H3,(H,21,22,24). The van der Waals surface area contributed by atoms with Gasteiger partial charge < -0.3 is 9.30 Å². The van der Waals surface area contributed by atoms with Crippen LogP contribution in [0.3, 0.4) is 0 Å². The third kappa shape index (κ3) is 4.07. The number of nitrogens with zero attached hydrogens (tertiary/aromatic N) is 2. The van der Waals surface area contributed by atoms with E-state index in [0.29, 0.717) is 18.8 Å². The number of amides is 1. The molecule has 3 rings (SSSR count). The number of imidazole rings is 1. The Bertz CT molecular complexity index is 839. The number of ether oxygens (including phenoxy) is 1. The maximum absolute atomic E-state index is 12.2. The molecule has 0 saturated carbocycles. The van der Waals surface area contributed by atoms with Crippen molar-refractivity contribution in [2.75, 3.05) is 12.4 Å². The molecule has 5 nitrogen and oxygen atoms in total. The second-order valence-corrected chi connectivity index (χ2v) is 5.79. The first kappa shape index (κ1) is 16.8. The summed E-state index contributed by atoms with van der Waals surface area (Å²) < 4.78 is 7.05. The molecular weight excluding hydrogens is 314 g/mol. The van der Waals surface area contributed by atoms with E-state index in [2.05, 4.69) is 10.3 Å². The molecule has 3 aromatic rings. The van der Waals surface area contributed by atoms with E-state index in [1.165, 1.54) is 0 Å². The number of hydrogen-bond donors (Lipinski definition) is 1. The van der Waals surface area contributed by atoms with Gasteiger partial charge in [0.1, 0.15) is 5.75 Å². The van der Waals surface area contributed by atoms with Crippen molar-refractivity contribution in [1.29, 1.82) is 0 Å². The van der Waals surface area contributed by atoms with Crippen LogP contribution in [0.15, 0.2) is 60.8 Å². The van der Waals surface area contributed by atoms with Gasteiger partial charge in [-0.15, -0.1) is 0 Å². The largest absolute Gasteiger partial charge is 0.497 e. The van der Waals surface area contributed by atoms with Crippen LogP contribution in [0.1, 0.15) is 12.0 Å². The molecular formula is C20H21N3O2. The number of nitrogens with one attached hydrogen (secondary N) is 1. The molecule has 0 atom stereocenters. The SMILES string of the molecule is COc1ccc(-c2cnc(NC(=O)CCc3ccccc3)n2C)cc1. The Morgan fingerprint density at radius 2 is 1.84 bits per heavy atom. The van der Waals surface area contributed by atoms with Gasteiger partial charge >= 0.3 is 0 Å². The number of benzene rings is 2. The summed E-state index contributed by atoms with van der Waals surface area (Å²) in [5.41, 5.74) is 3.10. The smallest absolute Gasteiger partial charge is 0.227 e. The Labute approximate surface area is 147 Å². The zero-order valence-corrected chi connectivity index (χ0v) is 14.4. The van der Waals surface area contributed by atoms with Crippen molar-refractivity contribution in [3.8, 4) is 17.0 Å². The summed E-state index contributed by atoms with van der Waals surface area (Å²) in [5.74, 6) is 1.31. The maximum atomic E-state index is 12.2. The summed E-state index contributed by atoms with van der Waals surface area (Å²) in [5, 5.41) is 2.88. The number of methoxy groups -OCH3 is 1. The lowest BCUT2D eigenvalue weighted by Crippen LogP contribution is -2.15. The highest BCUT2D eigenvalue weighted by Gasteiger charge is 2.11.